The lowest BCUT2D eigenvalue weighted by Crippen LogP contribution is -2.49. The van der Waals surface area contributed by atoms with Gasteiger partial charge in [-0.25, -0.2) is 13.9 Å². The molecule has 0 unspecified atom stereocenters. The van der Waals surface area contributed by atoms with Crippen molar-refractivity contribution in [1.82, 2.24) is 14.7 Å². The number of carbonyl (C=O) groups is 2. The van der Waals surface area contributed by atoms with Crippen LogP contribution in [0.1, 0.15) is 17.0 Å². The number of benzene rings is 2. The lowest BCUT2D eigenvalue weighted by molar-refractivity contribution is -0.148. The molecule has 0 N–H and O–H groups in total. The van der Waals surface area contributed by atoms with Gasteiger partial charge < -0.3 is 19.3 Å². The minimum atomic E-state index is -0.603. The molecule has 0 radical (unpaired) electrons. The smallest absolute Gasteiger partial charge is 0.331 e. The van der Waals surface area contributed by atoms with Crippen molar-refractivity contribution in [2.45, 2.75) is 13.8 Å². The number of piperazine rings is 1. The number of methoxy groups -OCH3 is 1. The van der Waals surface area contributed by atoms with Gasteiger partial charge >= 0.3 is 5.97 Å². The fraction of sp³-hybridized carbons (Fsp3) is 0.296. The molecular formula is C27H29FN4O4. The van der Waals surface area contributed by atoms with Gasteiger partial charge in [0.1, 0.15) is 11.6 Å². The third-order valence-corrected chi connectivity index (χ3v) is 6.21. The van der Waals surface area contributed by atoms with Crippen LogP contribution in [0.15, 0.2) is 54.6 Å². The fourth-order valence-electron chi connectivity index (χ4n) is 4.16. The molecule has 3 aromatic rings. The van der Waals surface area contributed by atoms with E-state index >= 15 is 0 Å². The highest BCUT2D eigenvalue weighted by molar-refractivity contribution is 5.89. The van der Waals surface area contributed by atoms with Gasteiger partial charge in [-0.15, -0.1) is 0 Å². The number of aryl methyl sites for hydroxylation is 1. The topological polar surface area (TPSA) is 76.9 Å². The van der Waals surface area contributed by atoms with Crippen LogP contribution in [0.4, 0.5) is 10.1 Å². The minimum Gasteiger partial charge on any atom is -0.497 e. The molecule has 36 heavy (non-hydrogen) atoms. The van der Waals surface area contributed by atoms with E-state index in [0.29, 0.717) is 31.9 Å². The van der Waals surface area contributed by atoms with E-state index in [9.17, 15) is 14.0 Å². The molecule has 9 heteroatoms. The quantitative estimate of drug-likeness (QED) is 0.371. The van der Waals surface area contributed by atoms with E-state index in [4.69, 9.17) is 9.47 Å². The molecule has 1 saturated heterocycles. The van der Waals surface area contributed by atoms with Gasteiger partial charge in [0.25, 0.3) is 5.91 Å². The number of nitrogens with zero attached hydrogens (tertiary/aromatic N) is 4. The molecule has 0 spiro atoms. The van der Waals surface area contributed by atoms with E-state index in [1.54, 1.807) is 34.9 Å². The summed E-state index contributed by atoms with van der Waals surface area (Å²) in [5, 5.41) is 4.48. The molecule has 1 amide bonds. The Morgan fingerprint density at radius 2 is 1.61 bits per heavy atom. The average Bonchev–Trinajstić information content (AvgIpc) is 3.19. The third kappa shape index (κ3) is 5.73. The number of rotatable bonds is 7. The van der Waals surface area contributed by atoms with Crippen molar-refractivity contribution in [2.75, 3.05) is 44.8 Å². The number of amides is 1. The van der Waals surface area contributed by atoms with Crippen molar-refractivity contribution < 1.29 is 23.5 Å². The number of esters is 1. The van der Waals surface area contributed by atoms with E-state index in [-0.39, 0.29) is 18.3 Å². The lowest BCUT2D eigenvalue weighted by Gasteiger charge is -2.36. The highest BCUT2D eigenvalue weighted by Gasteiger charge is 2.22. The van der Waals surface area contributed by atoms with Crippen molar-refractivity contribution >= 4 is 23.6 Å². The highest BCUT2D eigenvalue weighted by atomic mass is 19.1. The number of anilines is 1. The monoisotopic (exact) mass is 492 g/mol. The van der Waals surface area contributed by atoms with E-state index in [1.165, 1.54) is 18.2 Å². The van der Waals surface area contributed by atoms with Crippen molar-refractivity contribution in [1.29, 1.82) is 0 Å². The normalized spacial score (nSPS) is 13.8. The Balaban J connectivity index is 1.27. The molecule has 0 bridgehead atoms. The number of hydrogen-bond donors (Lipinski definition) is 0. The van der Waals surface area contributed by atoms with Gasteiger partial charge in [-0.2, -0.15) is 5.10 Å². The largest absolute Gasteiger partial charge is 0.497 e. The van der Waals surface area contributed by atoms with E-state index < -0.39 is 5.97 Å². The number of hydrogen-bond acceptors (Lipinski definition) is 6. The summed E-state index contributed by atoms with van der Waals surface area (Å²) in [6.45, 7) is 5.89. The lowest BCUT2D eigenvalue weighted by atomic mass is 10.2. The Morgan fingerprint density at radius 1 is 0.972 bits per heavy atom. The predicted octanol–water partition coefficient (Wildman–Crippen LogP) is 3.54. The number of ether oxygens (including phenoxy) is 2. The molecule has 0 saturated carbocycles. The second kappa shape index (κ2) is 11.1. The maximum absolute atomic E-state index is 13.2. The highest BCUT2D eigenvalue weighted by Crippen LogP contribution is 2.21. The zero-order valence-electron chi connectivity index (χ0n) is 20.6. The first-order valence-electron chi connectivity index (χ1n) is 11.7. The maximum Gasteiger partial charge on any atom is 0.331 e. The van der Waals surface area contributed by atoms with Gasteiger partial charge in [0.05, 0.1) is 18.5 Å². The van der Waals surface area contributed by atoms with Crippen LogP contribution < -0.4 is 9.64 Å². The summed E-state index contributed by atoms with van der Waals surface area (Å²) < 4.78 is 25.3. The zero-order valence-corrected chi connectivity index (χ0v) is 20.6. The third-order valence-electron chi connectivity index (χ3n) is 6.21. The van der Waals surface area contributed by atoms with E-state index in [2.05, 4.69) is 10.00 Å². The molecule has 2 heterocycles. The average molecular weight is 493 g/mol. The minimum absolute atomic E-state index is 0.220. The summed E-state index contributed by atoms with van der Waals surface area (Å²) in [4.78, 5) is 28.7. The van der Waals surface area contributed by atoms with Gasteiger partial charge in [-0.05, 0) is 68.5 Å². The molecule has 0 atom stereocenters. The second-order valence-corrected chi connectivity index (χ2v) is 8.48. The van der Waals surface area contributed by atoms with Crippen LogP contribution in [0, 0.1) is 19.7 Å². The van der Waals surface area contributed by atoms with Crippen molar-refractivity contribution in [3.05, 3.63) is 77.4 Å². The molecule has 1 fully saturated rings. The maximum atomic E-state index is 13.2. The standard InChI is InChI=1S/C27H29FN4O4/c1-19-25(20(2)32(29-19)23-6-4-21(28)5-7-23)12-13-27(34)36-18-26(33)31-16-14-30(15-17-31)22-8-10-24(35-3)11-9-22/h4-13H,14-18H2,1-3H3/b13-12+. The summed E-state index contributed by atoms with van der Waals surface area (Å²) in [7, 11) is 1.63. The van der Waals surface area contributed by atoms with Crippen LogP contribution >= 0.6 is 0 Å². The van der Waals surface area contributed by atoms with Crippen molar-refractivity contribution in [3.8, 4) is 11.4 Å². The van der Waals surface area contributed by atoms with Gasteiger partial charge in [0.2, 0.25) is 0 Å². The zero-order chi connectivity index (χ0) is 25.7. The molecule has 1 aliphatic rings. The molecule has 4 rings (SSSR count). The van der Waals surface area contributed by atoms with Gasteiger partial charge in [-0.3, -0.25) is 4.79 Å². The Kier molecular flexibility index (Phi) is 7.68. The van der Waals surface area contributed by atoms with E-state index in [1.807, 2.05) is 38.1 Å². The summed E-state index contributed by atoms with van der Waals surface area (Å²) in [5.74, 6) is -0.344. The molecule has 1 aliphatic heterocycles. The van der Waals surface area contributed by atoms with Crippen LogP contribution in [0.3, 0.4) is 0 Å². The van der Waals surface area contributed by atoms with Gasteiger partial charge in [0, 0.05) is 49.2 Å². The Hall–Kier alpha value is -4.14. The van der Waals surface area contributed by atoms with E-state index in [0.717, 1.165) is 28.4 Å². The van der Waals surface area contributed by atoms with Gasteiger partial charge in [-0.1, -0.05) is 0 Å². The fourth-order valence-corrected chi connectivity index (χ4v) is 4.16. The molecule has 1 aromatic heterocycles. The Labute approximate surface area is 209 Å². The van der Waals surface area contributed by atoms with Crippen LogP contribution in [-0.4, -0.2) is 66.5 Å². The van der Waals surface area contributed by atoms with Gasteiger partial charge in [0.15, 0.2) is 6.61 Å². The number of aromatic nitrogens is 2. The Morgan fingerprint density at radius 3 is 2.25 bits per heavy atom. The molecule has 188 valence electrons. The van der Waals surface area contributed by atoms with Crippen molar-refractivity contribution in [2.24, 2.45) is 0 Å². The first-order chi connectivity index (χ1) is 17.4. The second-order valence-electron chi connectivity index (χ2n) is 8.48. The summed E-state index contributed by atoms with van der Waals surface area (Å²) >= 11 is 0. The number of carbonyl (C=O) groups excluding carboxylic acids is 2. The molecule has 0 aliphatic carbocycles. The Bertz CT molecular complexity index is 1240. The molecular weight excluding hydrogens is 463 g/mol. The van der Waals surface area contributed by atoms with Crippen LogP contribution in [0.25, 0.3) is 11.8 Å². The van der Waals surface area contributed by atoms with Crippen LogP contribution in [-0.2, 0) is 14.3 Å². The van der Waals surface area contributed by atoms with Crippen LogP contribution in [0.5, 0.6) is 5.75 Å². The van der Waals surface area contributed by atoms with Crippen LogP contribution in [0.2, 0.25) is 0 Å². The molecule has 8 nitrogen and oxygen atoms in total. The summed E-state index contributed by atoms with van der Waals surface area (Å²) in [6.07, 6.45) is 2.92. The summed E-state index contributed by atoms with van der Waals surface area (Å²) in [5.41, 5.74) is 4.07. The summed E-state index contributed by atoms with van der Waals surface area (Å²) in [6, 6.07) is 13.8. The first kappa shape index (κ1) is 25.0. The SMILES string of the molecule is COc1ccc(N2CCN(C(=O)COC(=O)/C=C/c3c(C)nn(-c4ccc(F)cc4)c3C)CC2)cc1. The molecule has 2 aromatic carbocycles. The van der Waals surface area contributed by atoms with Crippen molar-refractivity contribution in [3.63, 3.8) is 0 Å². The predicted molar refractivity (Wildman–Crippen MR) is 135 cm³/mol. The first-order valence-corrected chi connectivity index (χ1v) is 11.7. The number of halogens is 1.